The van der Waals surface area contributed by atoms with Crippen molar-refractivity contribution in [2.45, 2.75) is 45.7 Å². The molecule has 0 unspecified atom stereocenters. The fourth-order valence-electron chi connectivity index (χ4n) is 4.48. The number of fused-ring (bicyclic) bond motifs is 1. The molecule has 2 aromatic carbocycles. The highest BCUT2D eigenvalue weighted by Gasteiger charge is 2.34. The number of benzene rings is 2. The molecule has 3 aromatic heterocycles. The van der Waals surface area contributed by atoms with Crippen LogP contribution in [0.2, 0.25) is 0 Å². The van der Waals surface area contributed by atoms with Crippen LogP contribution in [0.15, 0.2) is 73.0 Å². The fourth-order valence-corrected chi connectivity index (χ4v) is 4.48. The predicted molar refractivity (Wildman–Crippen MR) is 148 cm³/mol. The Kier molecular flexibility index (Phi) is 7.42. The molecule has 1 atom stereocenters. The second kappa shape index (κ2) is 11.0. The molecular weight excluding hydrogens is 547 g/mol. The van der Waals surface area contributed by atoms with Gasteiger partial charge in [0.1, 0.15) is 18.2 Å². The molecule has 42 heavy (non-hydrogen) atoms. The Morgan fingerprint density at radius 3 is 2.38 bits per heavy atom. The topological polar surface area (TPSA) is 166 Å². The van der Waals surface area contributed by atoms with Gasteiger partial charge in [-0.05, 0) is 37.5 Å². The first-order valence-corrected chi connectivity index (χ1v) is 13.1. The number of carbonyl (C=O) groups is 2. The number of nitrogens with zero attached hydrogens (tertiary/aromatic N) is 4. The predicted octanol–water partition coefficient (Wildman–Crippen LogP) is 3.22. The van der Waals surface area contributed by atoms with Gasteiger partial charge in [0.05, 0.1) is 11.5 Å². The Hall–Kier alpha value is -5.20. The summed E-state index contributed by atoms with van der Waals surface area (Å²) in [7, 11) is 0. The quantitative estimate of drug-likeness (QED) is 0.251. The van der Waals surface area contributed by atoms with Crippen LogP contribution >= 0.6 is 0 Å². The Morgan fingerprint density at radius 1 is 1.02 bits per heavy atom. The Balaban J connectivity index is 1.41. The lowest BCUT2D eigenvalue weighted by atomic mass is 9.84. The standard InChI is InChI=1S/C29H27FN6O6/c1-15(2)20(22(38)25-34-35-27(41-25)29(3,4)17-10-12-18(30)13-11-17)31-19(37)14-36-23(16-8-6-5-7-9-16)33-24-21(26(36)39)32-28(40)42-24/h5-13,15,20H,14H2,1-4H3,(H,31,37)(H,32,40)/t20-/m0/s1. The lowest BCUT2D eigenvalue weighted by Crippen LogP contribution is -2.46. The van der Waals surface area contributed by atoms with Gasteiger partial charge in [0.15, 0.2) is 5.52 Å². The number of aromatic nitrogens is 5. The van der Waals surface area contributed by atoms with E-state index < -0.39 is 52.7 Å². The van der Waals surface area contributed by atoms with Crippen molar-refractivity contribution in [2.24, 2.45) is 5.92 Å². The monoisotopic (exact) mass is 574 g/mol. The van der Waals surface area contributed by atoms with Crippen LogP contribution in [0.1, 0.15) is 49.8 Å². The van der Waals surface area contributed by atoms with Crippen LogP contribution in [0.3, 0.4) is 0 Å². The van der Waals surface area contributed by atoms with E-state index in [2.05, 4.69) is 25.5 Å². The number of H-pyrrole nitrogens is 1. The molecule has 5 aromatic rings. The van der Waals surface area contributed by atoms with Gasteiger partial charge < -0.3 is 14.2 Å². The number of oxazole rings is 1. The highest BCUT2D eigenvalue weighted by atomic mass is 19.1. The molecule has 0 aliphatic rings. The van der Waals surface area contributed by atoms with E-state index in [1.807, 2.05) is 0 Å². The maximum atomic E-state index is 13.4. The van der Waals surface area contributed by atoms with Gasteiger partial charge >= 0.3 is 5.76 Å². The maximum Gasteiger partial charge on any atom is 0.418 e. The summed E-state index contributed by atoms with van der Waals surface area (Å²) in [6.07, 6.45) is 0. The van der Waals surface area contributed by atoms with Crippen molar-refractivity contribution in [1.29, 1.82) is 0 Å². The number of rotatable bonds is 9. The van der Waals surface area contributed by atoms with Crippen molar-refractivity contribution in [3.63, 3.8) is 0 Å². The van der Waals surface area contributed by atoms with E-state index in [1.54, 1.807) is 70.2 Å². The van der Waals surface area contributed by atoms with E-state index in [1.165, 1.54) is 12.1 Å². The number of carbonyl (C=O) groups excluding carboxylic acids is 2. The largest absolute Gasteiger partial charge is 0.418 e. The van der Waals surface area contributed by atoms with Crippen molar-refractivity contribution >= 4 is 22.9 Å². The van der Waals surface area contributed by atoms with Crippen LogP contribution in [0.25, 0.3) is 22.6 Å². The molecule has 0 aliphatic carbocycles. The van der Waals surface area contributed by atoms with Crippen LogP contribution < -0.4 is 16.6 Å². The molecule has 0 aliphatic heterocycles. The Morgan fingerprint density at radius 2 is 1.71 bits per heavy atom. The van der Waals surface area contributed by atoms with Crippen molar-refractivity contribution in [2.75, 3.05) is 0 Å². The molecule has 0 bridgehead atoms. The molecule has 13 heteroatoms. The molecule has 2 N–H and O–H groups in total. The zero-order valence-electron chi connectivity index (χ0n) is 23.2. The maximum absolute atomic E-state index is 13.4. The molecule has 3 heterocycles. The van der Waals surface area contributed by atoms with Gasteiger partial charge in [0, 0.05) is 5.56 Å². The highest BCUT2D eigenvalue weighted by molar-refractivity contribution is 5.98. The van der Waals surface area contributed by atoms with Crippen molar-refractivity contribution in [3.8, 4) is 11.4 Å². The third-order valence-electron chi connectivity index (χ3n) is 6.89. The van der Waals surface area contributed by atoms with Crippen LogP contribution in [-0.4, -0.2) is 42.5 Å². The zero-order chi connectivity index (χ0) is 30.2. The first-order valence-electron chi connectivity index (χ1n) is 13.1. The molecule has 0 saturated carbocycles. The van der Waals surface area contributed by atoms with Gasteiger partial charge in [-0.3, -0.25) is 23.9 Å². The van der Waals surface area contributed by atoms with E-state index in [9.17, 15) is 23.6 Å². The summed E-state index contributed by atoms with van der Waals surface area (Å²) >= 11 is 0. The third-order valence-corrected chi connectivity index (χ3v) is 6.89. The number of hydrogen-bond donors (Lipinski definition) is 2. The SMILES string of the molecule is CC(C)[C@H](NC(=O)Cn1c(-c2ccccc2)nc2oc(=O)[nH]c2c1=O)C(=O)c1nnc(C(C)(C)c2ccc(F)cc2)o1. The van der Waals surface area contributed by atoms with Gasteiger partial charge in [0.2, 0.25) is 17.6 Å². The number of ketones is 1. The summed E-state index contributed by atoms with van der Waals surface area (Å²) in [6.45, 7) is 6.54. The number of halogens is 1. The summed E-state index contributed by atoms with van der Waals surface area (Å²) in [5, 5.41) is 10.6. The minimum absolute atomic E-state index is 0.1000. The van der Waals surface area contributed by atoms with E-state index in [-0.39, 0.29) is 28.8 Å². The molecule has 0 fully saturated rings. The average Bonchev–Trinajstić information content (AvgIpc) is 3.61. The van der Waals surface area contributed by atoms with Gasteiger partial charge in [-0.15, -0.1) is 10.2 Å². The lowest BCUT2D eigenvalue weighted by molar-refractivity contribution is -0.122. The minimum atomic E-state index is -1.07. The Labute approximate surface area is 237 Å². The molecule has 0 spiro atoms. The van der Waals surface area contributed by atoms with E-state index >= 15 is 0 Å². The normalized spacial score (nSPS) is 12.5. The minimum Gasteiger partial charge on any atom is -0.417 e. The van der Waals surface area contributed by atoms with Crippen molar-refractivity contribution < 1.29 is 22.8 Å². The molecule has 0 radical (unpaired) electrons. The average molecular weight is 575 g/mol. The highest BCUT2D eigenvalue weighted by Crippen LogP contribution is 2.31. The molecule has 0 saturated heterocycles. The first-order chi connectivity index (χ1) is 20.0. The van der Waals surface area contributed by atoms with Crippen molar-refractivity contribution in [3.05, 3.63) is 98.7 Å². The van der Waals surface area contributed by atoms with Crippen LogP contribution in [0.4, 0.5) is 4.39 Å². The fraction of sp³-hybridized carbons (Fsp3) is 0.276. The second-order valence-electron chi connectivity index (χ2n) is 10.6. The van der Waals surface area contributed by atoms with Crippen LogP contribution in [0, 0.1) is 11.7 Å². The Bertz CT molecular complexity index is 1890. The third kappa shape index (κ3) is 5.40. The number of Topliss-reactive ketones (excluding diaryl/α,β-unsaturated/α-hetero) is 1. The summed E-state index contributed by atoms with van der Waals surface area (Å²) in [5.74, 6) is -2.99. The van der Waals surface area contributed by atoms with Gasteiger partial charge in [0.25, 0.3) is 17.2 Å². The molecule has 5 rings (SSSR count). The summed E-state index contributed by atoms with van der Waals surface area (Å²) in [6, 6.07) is 13.4. The molecule has 12 nitrogen and oxygen atoms in total. The van der Waals surface area contributed by atoms with Gasteiger partial charge in [-0.1, -0.05) is 56.3 Å². The number of amides is 1. The first kappa shape index (κ1) is 28.3. The smallest absolute Gasteiger partial charge is 0.417 e. The number of aromatic amines is 1. The van der Waals surface area contributed by atoms with Gasteiger partial charge in [-0.25, -0.2) is 9.18 Å². The van der Waals surface area contributed by atoms with Crippen LogP contribution in [0.5, 0.6) is 0 Å². The van der Waals surface area contributed by atoms with Gasteiger partial charge in [-0.2, -0.15) is 4.98 Å². The summed E-state index contributed by atoms with van der Waals surface area (Å²) in [4.78, 5) is 58.3. The summed E-state index contributed by atoms with van der Waals surface area (Å²) in [5.41, 5.74) is -0.699. The molecular formula is C29H27FN6O6. The van der Waals surface area contributed by atoms with E-state index in [0.717, 1.165) is 4.57 Å². The molecule has 216 valence electrons. The molecule has 1 amide bonds. The second-order valence-corrected chi connectivity index (χ2v) is 10.6. The number of hydrogen-bond acceptors (Lipinski definition) is 9. The van der Waals surface area contributed by atoms with Crippen molar-refractivity contribution in [1.82, 2.24) is 30.0 Å². The lowest BCUT2D eigenvalue weighted by Gasteiger charge is -2.21. The zero-order valence-corrected chi connectivity index (χ0v) is 23.2. The summed E-state index contributed by atoms with van der Waals surface area (Å²) < 4.78 is 25.2. The number of nitrogens with one attached hydrogen (secondary N) is 2. The van der Waals surface area contributed by atoms with Crippen LogP contribution in [-0.2, 0) is 16.8 Å². The van der Waals surface area contributed by atoms with E-state index in [0.29, 0.717) is 11.1 Å². The van der Waals surface area contributed by atoms with E-state index in [4.69, 9.17) is 8.83 Å².